The van der Waals surface area contributed by atoms with Gasteiger partial charge in [-0.05, 0) is 30.7 Å². The van der Waals surface area contributed by atoms with Gasteiger partial charge in [-0.25, -0.2) is 4.98 Å². The number of carbonyl (C=O) groups excluding carboxylic acids is 2. The molecule has 0 spiro atoms. The Bertz CT molecular complexity index is 1200. The van der Waals surface area contributed by atoms with Crippen molar-refractivity contribution in [3.8, 4) is 11.1 Å². The Morgan fingerprint density at radius 2 is 2.16 bits per heavy atom. The molecule has 1 unspecified atom stereocenters. The second-order valence-electron chi connectivity index (χ2n) is 7.95. The lowest BCUT2D eigenvalue weighted by Crippen LogP contribution is -2.50. The van der Waals surface area contributed by atoms with Crippen LogP contribution in [0.4, 0.5) is 5.82 Å². The van der Waals surface area contributed by atoms with Gasteiger partial charge in [-0.1, -0.05) is 0 Å². The molecule has 162 valence electrons. The Morgan fingerprint density at radius 3 is 2.87 bits per heavy atom. The van der Waals surface area contributed by atoms with Gasteiger partial charge in [-0.3, -0.25) is 19.3 Å². The van der Waals surface area contributed by atoms with E-state index in [0.717, 1.165) is 24.1 Å². The molecular weight excluding hydrogens is 398 g/mol. The van der Waals surface area contributed by atoms with Gasteiger partial charge in [0.05, 0.1) is 11.9 Å². The van der Waals surface area contributed by atoms with E-state index in [1.165, 1.54) is 11.5 Å². The van der Waals surface area contributed by atoms with Crippen molar-refractivity contribution in [3.05, 3.63) is 46.7 Å². The molecule has 1 aliphatic heterocycles. The Morgan fingerprint density at radius 1 is 1.35 bits per heavy atom. The van der Waals surface area contributed by atoms with E-state index < -0.39 is 0 Å². The summed E-state index contributed by atoms with van der Waals surface area (Å²) in [6, 6.07) is 5.56. The number of carbonyl (C=O) groups is 2. The number of nitrogens with one attached hydrogen (secondary N) is 1. The van der Waals surface area contributed by atoms with Crippen LogP contribution in [-0.2, 0) is 23.2 Å². The zero-order valence-corrected chi connectivity index (χ0v) is 17.8. The summed E-state index contributed by atoms with van der Waals surface area (Å²) in [5.41, 5.74) is 1.91. The number of amides is 2. The molecule has 1 atom stereocenters. The second kappa shape index (κ2) is 8.35. The van der Waals surface area contributed by atoms with Crippen LogP contribution in [0.2, 0.25) is 0 Å². The maximum Gasteiger partial charge on any atom is 0.261 e. The van der Waals surface area contributed by atoms with Gasteiger partial charge in [-0.15, -0.1) is 0 Å². The summed E-state index contributed by atoms with van der Waals surface area (Å²) in [5, 5.41) is 3.18. The first-order valence-electron chi connectivity index (χ1n) is 10.1. The van der Waals surface area contributed by atoms with Crippen molar-refractivity contribution in [2.24, 2.45) is 7.05 Å². The third-order valence-electron chi connectivity index (χ3n) is 5.58. The number of pyridine rings is 2. The summed E-state index contributed by atoms with van der Waals surface area (Å²) < 4.78 is 7.70. The van der Waals surface area contributed by atoms with Gasteiger partial charge in [0.25, 0.3) is 5.56 Å². The number of piperazine rings is 1. The van der Waals surface area contributed by atoms with Gasteiger partial charge in [-0.2, -0.15) is 0 Å². The third kappa shape index (κ3) is 4.22. The van der Waals surface area contributed by atoms with E-state index in [2.05, 4.69) is 22.1 Å². The average molecular weight is 423 g/mol. The Hall–Kier alpha value is -3.46. The minimum atomic E-state index is -0.209. The molecule has 9 nitrogen and oxygen atoms in total. The van der Waals surface area contributed by atoms with Crippen LogP contribution in [0, 0.1) is 0 Å². The van der Waals surface area contributed by atoms with Gasteiger partial charge in [0.15, 0.2) is 0 Å². The van der Waals surface area contributed by atoms with E-state index in [1.54, 1.807) is 36.5 Å². The molecular formula is C22H25N5O4. The zero-order chi connectivity index (χ0) is 22.1. The Kier molecular flexibility index (Phi) is 5.60. The summed E-state index contributed by atoms with van der Waals surface area (Å²) in [5.74, 6) is 0.919. The van der Waals surface area contributed by atoms with Crippen molar-refractivity contribution in [2.45, 2.75) is 26.4 Å². The van der Waals surface area contributed by atoms with Crippen LogP contribution in [0.1, 0.15) is 19.6 Å². The van der Waals surface area contributed by atoms with Crippen LogP contribution in [0.5, 0.6) is 0 Å². The zero-order valence-electron chi connectivity index (χ0n) is 17.8. The number of hydrogen-bond donors (Lipinski definition) is 1. The fraction of sp³-hybridized carbons (Fsp3) is 0.364. The predicted octanol–water partition coefficient (Wildman–Crippen LogP) is 1.81. The molecule has 1 fully saturated rings. The number of fused-ring (bicyclic) bond motifs is 1. The van der Waals surface area contributed by atoms with Crippen LogP contribution >= 0.6 is 0 Å². The fourth-order valence-corrected chi connectivity index (χ4v) is 3.99. The molecule has 4 rings (SSSR count). The lowest BCUT2D eigenvalue weighted by Gasteiger charge is -2.37. The topological polar surface area (TPSA) is 101 Å². The van der Waals surface area contributed by atoms with Gasteiger partial charge < -0.3 is 19.2 Å². The number of anilines is 1. The number of nitrogens with zero attached hydrogens (tertiary/aromatic N) is 4. The number of furan rings is 1. The molecule has 31 heavy (non-hydrogen) atoms. The molecule has 3 aromatic rings. The summed E-state index contributed by atoms with van der Waals surface area (Å²) >= 11 is 0. The summed E-state index contributed by atoms with van der Waals surface area (Å²) in [4.78, 5) is 43.3. The summed E-state index contributed by atoms with van der Waals surface area (Å²) in [7, 11) is 1.70. The van der Waals surface area contributed by atoms with Crippen LogP contribution in [0.3, 0.4) is 0 Å². The van der Waals surface area contributed by atoms with Gasteiger partial charge in [0.1, 0.15) is 17.2 Å². The van der Waals surface area contributed by atoms with Gasteiger partial charge in [0.2, 0.25) is 12.3 Å². The van der Waals surface area contributed by atoms with Crippen molar-refractivity contribution in [3.63, 3.8) is 0 Å². The van der Waals surface area contributed by atoms with Crippen LogP contribution in [0.15, 0.2) is 39.8 Å². The molecule has 0 aromatic carbocycles. The molecule has 0 bridgehead atoms. The maximum absolute atomic E-state index is 12.8. The summed E-state index contributed by atoms with van der Waals surface area (Å²) in [6.45, 7) is 6.13. The predicted molar refractivity (Wildman–Crippen MR) is 116 cm³/mol. The molecule has 0 radical (unpaired) electrons. The van der Waals surface area contributed by atoms with Crippen LogP contribution in [-0.4, -0.2) is 57.3 Å². The highest BCUT2D eigenvalue weighted by Crippen LogP contribution is 2.30. The number of aryl methyl sites for hydroxylation is 1. The quantitative estimate of drug-likeness (QED) is 0.628. The van der Waals surface area contributed by atoms with E-state index in [-0.39, 0.29) is 17.5 Å². The van der Waals surface area contributed by atoms with E-state index in [1.807, 2.05) is 6.07 Å². The fourth-order valence-electron chi connectivity index (χ4n) is 3.99. The smallest absolute Gasteiger partial charge is 0.261 e. The normalized spacial score (nSPS) is 17.1. The van der Waals surface area contributed by atoms with Crippen molar-refractivity contribution < 1.29 is 14.0 Å². The first-order chi connectivity index (χ1) is 14.9. The molecule has 4 heterocycles. The first kappa shape index (κ1) is 20.8. The Labute approximate surface area is 179 Å². The lowest BCUT2D eigenvalue weighted by atomic mass is 10.1. The lowest BCUT2D eigenvalue weighted by molar-refractivity contribution is -0.121. The second-order valence-corrected chi connectivity index (χ2v) is 7.95. The molecule has 0 aliphatic carbocycles. The average Bonchev–Trinajstić information content (AvgIpc) is 3.16. The minimum absolute atomic E-state index is 0.135. The molecule has 1 saturated heterocycles. The molecule has 2 amide bonds. The van der Waals surface area contributed by atoms with Gasteiger partial charge in [0, 0.05) is 57.6 Å². The molecule has 0 saturated carbocycles. The van der Waals surface area contributed by atoms with E-state index in [9.17, 15) is 14.4 Å². The number of hydrogen-bond acceptors (Lipinski definition) is 6. The third-order valence-corrected chi connectivity index (χ3v) is 5.58. The molecule has 3 aromatic heterocycles. The molecule has 1 N–H and O–H groups in total. The van der Waals surface area contributed by atoms with Crippen molar-refractivity contribution in [2.75, 3.05) is 25.0 Å². The number of aromatic nitrogens is 2. The van der Waals surface area contributed by atoms with Crippen LogP contribution in [0.25, 0.3) is 22.1 Å². The Balaban J connectivity index is 1.71. The maximum atomic E-state index is 12.8. The molecule has 9 heteroatoms. The largest absolute Gasteiger partial charge is 0.459 e. The highest BCUT2D eigenvalue weighted by Gasteiger charge is 2.24. The van der Waals surface area contributed by atoms with Gasteiger partial charge >= 0.3 is 0 Å². The van der Waals surface area contributed by atoms with E-state index >= 15 is 0 Å². The minimum Gasteiger partial charge on any atom is -0.459 e. The van der Waals surface area contributed by atoms with E-state index in [4.69, 9.17) is 4.42 Å². The highest BCUT2D eigenvalue weighted by molar-refractivity contribution is 5.93. The van der Waals surface area contributed by atoms with Crippen molar-refractivity contribution in [1.82, 2.24) is 19.4 Å². The summed E-state index contributed by atoms with van der Waals surface area (Å²) in [6.07, 6.45) is 4.22. The van der Waals surface area contributed by atoms with Crippen molar-refractivity contribution >= 4 is 29.1 Å². The van der Waals surface area contributed by atoms with Crippen LogP contribution < -0.4 is 10.9 Å². The van der Waals surface area contributed by atoms with Crippen molar-refractivity contribution in [1.29, 1.82) is 0 Å². The highest BCUT2D eigenvalue weighted by atomic mass is 16.3. The van der Waals surface area contributed by atoms with E-state index in [0.29, 0.717) is 42.2 Å². The SMILES string of the molecule is CC(=O)Nc1cc(-c2cn(C)c(=O)c3cc(CN4CCN(C=O)CC4C)oc23)ccn1. The number of rotatable bonds is 5. The monoisotopic (exact) mass is 423 g/mol. The first-order valence-corrected chi connectivity index (χ1v) is 10.1. The molecule has 1 aliphatic rings. The standard InChI is InChI=1S/C22H25N5O4/c1-14-10-26(13-28)6-7-27(14)11-17-9-18-21(31-17)19(12-25(3)22(18)30)16-4-5-23-20(8-16)24-15(2)29/h4-5,8-9,12-14H,6-7,10-11H2,1-3H3,(H,23,24,29).